The van der Waals surface area contributed by atoms with Gasteiger partial charge in [0.15, 0.2) is 0 Å². The van der Waals surface area contributed by atoms with Gasteiger partial charge in [-0.05, 0) is 30.0 Å². The summed E-state index contributed by atoms with van der Waals surface area (Å²) in [4.78, 5) is 14.1. The first-order chi connectivity index (χ1) is 9.79. The Bertz CT molecular complexity index is 670. The van der Waals surface area contributed by atoms with Gasteiger partial charge in [-0.1, -0.05) is 0 Å². The maximum atomic E-state index is 12.6. The SMILES string of the molecule is Cc1ccsc1CNc1cc(C(F)(F)F)ncc1[N+](=O)[O-]. The monoisotopic (exact) mass is 317 g/mol. The summed E-state index contributed by atoms with van der Waals surface area (Å²) in [5.41, 5.74) is -0.883. The van der Waals surface area contributed by atoms with Gasteiger partial charge >= 0.3 is 11.9 Å². The van der Waals surface area contributed by atoms with Gasteiger partial charge < -0.3 is 5.32 Å². The molecule has 0 atom stereocenters. The van der Waals surface area contributed by atoms with Gasteiger partial charge in [0.05, 0.1) is 4.92 Å². The second kappa shape index (κ2) is 5.68. The highest BCUT2D eigenvalue weighted by Gasteiger charge is 2.34. The topological polar surface area (TPSA) is 68.1 Å². The van der Waals surface area contributed by atoms with Crippen LogP contribution in [0.15, 0.2) is 23.7 Å². The number of aromatic nitrogens is 1. The molecule has 0 spiro atoms. The predicted molar refractivity (Wildman–Crippen MR) is 72.3 cm³/mol. The summed E-state index contributed by atoms with van der Waals surface area (Å²) >= 11 is 1.42. The summed E-state index contributed by atoms with van der Waals surface area (Å²) in [6, 6.07) is 2.52. The lowest BCUT2D eigenvalue weighted by Gasteiger charge is -2.10. The molecule has 0 radical (unpaired) electrons. The highest BCUT2D eigenvalue weighted by Crippen LogP contribution is 2.33. The van der Waals surface area contributed by atoms with E-state index in [1.807, 2.05) is 18.4 Å². The molecule has 2 aromatic heterocycles. The molecule has 9 heteroatoms. The molecule has 0 fully saturated rings. The van der Waals surface area contributed by atoms with Crippen LogP contribution in [0.3, 0.4) is 0 Å². The zero-order chi connectivity index (χ0) is 15.6. The minimum absolute atomic E-state index is 0.199. The Morgan fingerprint density at radius 2 is 2.19 bits per heavy atom. The standard InChI is InChI=1S/C12H10F3N3O2S/c1-7-2-3-21-10(7)6-16-8-4-11(12(13,14)15)17-5-9(8)18(19)20/h2-5H,6H2,1H3,(H,16,17). The van der Waals surface area contributed by atoms with Gasteiger partial charge in [-0.3, -0.25) is 10.1 Å². The Morgan fingerprint density at radius 1 is 1.48 bits per heavy atom. The lowest BCUT2D eigenvalue weighted by Crippen LogP contribution is -2.10. The molecule has 2 heterocycles. The van der Waals surface area contributed by atoms with Gasteiger partial charge in [0, 0.05) is 11.4 Å². The number of thiophene rings is 1. The molecule has 0 saturated carbocycles. The summed E-state index contributed by atoms with van der Waals surface area (Å²) in [7, 11) is 0. The number of rotatable bonds is 4. The van der Waals surface area contributed by atoms with Crippen LogP contribution in [0, 0.1) is 17.0 Å². The normalized spacial score (nSPS) is 11.4. The maximum absolute atomic E-state index is 12.6. The first-order valence-electron chi connectivity index (χ1n) is 5.77. The van der Waals surface area contributed by atoms with Crippen LogP contribution in [0.25, 0.3) is 0 Å². The minimum Gasteiger partial charge on any atom is -0.374 e. The fraction of sp³-hybridized carbons (Fsp3) is 0.250. The summed E-state index contributed by atoms with van der Waals surface area (Å²) in [5.74, 6) is 0. The second-order valence-corrected chi connectivity index (χ2v) is 5.22. The van der Waals surface area contributed by atoms with E-state index in [1.165, 1.54) is 11.3 Å². The molecule has 0 bridgehead atoms. The Labute approximate surface area is 121 Å². The second-order valence-electron chi connectivity index (χ2n) is 4.22. The Kier molecular flexibility index (Phi) is 4.12. The first kappa shape index (κ1) is 15.2. The van der Waals surface area contributed by atoms with Crippen LogP contribution in [-0.4, -0.2) is 9.91 Å². The van der Waals surface area contributed by atoms with E-state index in [0.29, 0.717) is 12.3 Å². The van der Waals surface area contributed by atoms with E-state index in [1.54, 1.807) is 0 Å². The summed E-state index contributed by atoms with van der Waals surface area (Å²) in [6.45, 7) is 2.07. The van der Waals surface area contributed by atoms with Crippen LogP contribution < -0.4 is 5.32 Å². The van der Waals surface area contributed by atoms with E-state index in [-0.39, 0.29) is 12.2 Å². The molecule has 1 N–H and O–H groups in total. The van der Waals surface area contributed by atoms with Crippen molar-refractivity contribution in [2.75, 3.05) is 5.32 Å². The van der Waals surface area contributed by atoms with Gasteiger partial charge in [-0.2, -0.15) is 13.2 Å². The molecular formula is C12H10F3N3O2S. The Balaban J connectivity index is 2.31. The number of pyridine rings is 1. The molecule has 112 valence electrons. The van der Waals surface area contributed by atoms with Crippen molar-refractivity contribution in [2.24, 2.45) is 0 Å². The van der Waals surface area contributed by atoms with Gasteiger partial charge in [0.2, 0.25) is 0 Å². The van der Waals surface area contributed by atoms with Crippen molar-refractivity contribution in [1.82, 2.24) is 4.98 Å². The molecule has 2 aromatic rings. The van der Waals surface area contributed by atoms with Crippen molar-refractivity contribution in [3.05, 3.63) is 50.0 Å². The fourth-order valence-electron chi connectivity index (χ4n) is 1.65. The number of nitro groups is 1. The quantitative estimate of drug-likeness (QED) is 0.684. The number of nitrogens with one attached hydrogen (secondary N) is 1. The van der Waals surface area contributed by atoms with E-state index >= 15 is 0 Å². The van der Waals surface area contributed by atoms with Gasteiger partial charge in [-0.25, -0.2) is 4.98 Å². The predicted octanol–water partition coefficient (Wildman–Crippen LogP) is 3.99. The molecule has 5 nitrogen and oxygen atoms in total. The summed E-state index contributed by atoms with van der Waals surface area (Å²) < 4.78 is 37.9. The molecular weight excluding hydrogens is 307 g/mol. The number of halogens is 3. The van der Waals surface area contributed by atoms with Crippen LogP contribution in [0.1, 0.15) is 16.1 Å². The lowest BCUT2D eigenvalue weighted by atomic mass is 10.2. The maximum Gasteiger partial charge on any atom is 0.433 e. The third kappa shape index (κ3) is 3.48. The molecule has 0 aliphatic carbocycles. The first-order valence-corrected chi connectivity index (χ1v) is 6.65. The average molecular weight is 317 g/mol. The molecule has 0 aliphatic rings. The van der Waals surface area contributed by atoms with Crippen molar-refractivity contribution in [3.8, 4) is 0 Å². The zero-order valence-electron chi connectivity index (χ0n) is 10.8. The van der Waals surface area contributed by atoms with E-state index in [4.69, 9.17) is 0 Å². The molecule has 0 aliphatic heterocycles. The highest BCUT2D eigenvalue weighted by atomic mass is 32.1. The van der Waals surface area contributed by atoms with Crippen LogP contribution >= 0.6 is 11.3 Å². The molecule has 2 rings (SSSR count). The fourth-order valence-corrected chi connectivity index (χ4v) is 2.50. The Hall–Kier alpha value is -2.16. The van der Waals surface area contributed by atoms with Crippen molar-refractivity contribution in [1.29, 1.82) is 0 Å². The van der Waals surface area contributed by atoms with Gasteiger partial charge in [0.1, 0.15) is 17.6 Å². The number of hydrogen-bond donors (Lipinski definition) is 1. The van der Waals surface area contributed by atoms with Crippen molar-refractivity contribution in [3.63, 3.8) is 0 Å². The summed E-state index contributed by atoms with van der Waals surface area (Å²) in [6.07, 6.45) is -4.03. The largest absolute Gasteiger partial charge is 0.433 e. The third-order valence-corrected chi connectivity index (χ3v) is 3.80. The number of anilines is 1. The van der Waals surface area contributed by atoms with Crippen molar-refractivity contribution >= 4 is 22.7 Å². The molecule has 21 heavy (non-hydrogen) atoms. The van der Waals surface area contributed by atoms with Gasteiger partial charge in [-0.15, -0.1) is 11.3 Å². The zero-order valence-corrected chi connectivity index (χ0v) is 11.6. The van der Waals surface area contributed by atoms with Crippen molar-refractivity contribution in [2.45, 2.75) is 19.6 Å². The van der Waals surface area contributed by atoms with Crippen LogP contribution in [0.5, 0.6) is 0 Å². The van der Waals surface area contributed by atoms with Gasteiger partial charge in [0.25, 0.3) is 0 Å². The molecule has 0 unspecified atom stereocenters. The average Bonchev–Trinajstić information content (AvgIpc) is 2.80. The molecule has 0 aromatic carbocycles. The van der Waals surface area contributed by atoms with Crippen LogP contribution in [0.2, 0.25) is 0 Å². The Morgan fingerprint density at radius 3 is 2.71 bits per heavy atom. The molecule has 0 saturated heterocycles. The smallest absolute Gasteiger partial charge is 0.374 e. The van der Waals surface area contributed by atoms with Crippen LogP contribution in [0.4, 0.5) is 24.5 Å². The van der Waals surface area contributed by atoms with E-state index in [0.717, 1.165) is 10.4 Å². The lowest BCUT2D eigenvalue weighted by molar-refractivity contribution is -0.384. The number of nitrogens with zero attached hydrogens (tertiary/aromatic N) is 2. The van der Waals surface area contributed by atoms with Crippen LogP contribution in [-0.2, 0) is 12.7 Å². The minimum atomic E-state index is -4.65. The summed E-state index contributed by atoms with van der Waals surface area (Å²) in [5, 5.41) is 15.4. The highest BCUT2D eigenvalue weighted by molar-refractivity contribution is 7.10. The number of hydrogen-bond acceptors (Lipinski definition) is 5. The van der Waals surface area contributed by atoms with E-state index < -0.39 is 22.5 Å². The van der Waals surface area contributed by atoms with E-state index in [2.05, 4.69) is 10.3 Å². The van der Waals surface area contributed by atoms with E-state index in [9.17, 15) is 23.3 Å². The van der Waals surface area contributed by atoms with Crippen molar-refractivity contribution < 1.29 is 18.1 Å². The third-order valence-electron chi connectivity index (χ3n) is 2.78. The number of alkyl halides is 3. The number of aryl methyl sites for hydroxylation is 1. The molecule has 0 amide bonds.